The van der Waals surface area contributed by atoms with Gasteiger partial charge in [0.15, 0.2) is 11.5 Å². The summed E-state index contributed by atoms with van der Waals surface area (Å²) in [6, 6.07) is 16.5. The summed E-state index contributed by atoms with van der Waals surface area (Å²) in [6.45, 7) is 4.93. The number of rotatable bonds is 6. The quantitative estimate of drug-likeness (QED) is 0.820. The zero-order valence-corrected chi connectivity index (χ0v) is 16.2. The van der Waals surface area contributed by atoms with Crippen molar-refractivity contribution >= 4 is 17.7 Å². The topological polar surface area (TPSA) is 43.2 Å². The number of thioether (sulfide) groups is 1. The van der Waals surface area contributed by atoms with E-state index in [1.807, 2.05) is 29.2 Å². The van der Waals surface area contributed by atoms with Crippen molar-refractivity contribution in [3.63, 3.8) is 0 Å². The lowest BCUT2D eigenvalue weighted by Gasteiger charge is -2.32. The van der Waals surface area contributed by atoms with E-state index in [1.54, 1.807) is 11.8 Å². The summed E-state index contributed by atoms with van der Waals surface area (Å²) in [5.41, 5.74) is 2.53. The van der Waals surface area contributed by atoms with Crippen LogP contribution in [0.3, 0.4) is 0 Å². The van der Waals surface area contributed by atoms with Gasteiger partial charge in [-0.2, -0.15) is 0 Å². The van der Waals surface area contributed by atoms with Gasteiger partial charge in [0.2, 0.25) is 12.7 Å². The molecular weight excluding hydrogens is 360 g/mol. The summed E-state index contributed by atoms with van der Waals surface area (Å²) in [5.74, 6) is 3.39. The Balaban J connectivity index is 1.20. The molecule has 5 nitrogen and oxygen atoms in total. The first kappa shape index (κ1) is 18.2. The summed E-state index contributed by atoms with van der Waals surface area (Å²) >= 11 is 1.70. The molecule has 2 aliphatic heterocycles. The lowest BCUT2D eigenvalue weighted by Crippen LogP contribution is -3.13. The number of nitrogens with zero attached hydrogens (tertiary/aromatic N) is 1. The highest BCUT2D eigenvalue weighted by atomic mass is 32.2. The van der Waals surface area contributed by atoms with Gasteiger partial charge in [-0.05, 0) is 23.8 Å². The van der Waals surface area contributed by atoms with Crippen LogP contribution in [-0.2, 0) is 17.1 Å². The predicted molar refractivity (Wildman–Crippen MR) is 106 cm³/mol. The number of fused-ring (bicyclic) bond motifs is 1. The first-order chi connectivity index (χ1) is 13.3. The first-order valence-corrected chi connectivity index (χ1v) is 10.5. The van der Waals surface area contributed by atoms with E-state index in [0.717, 1.165) is 50.0 Å². The smallest absolute Gasteiger partial charge is 0.232 e. The molecule has 2 aliphatic rings. The summed E-state index contributed by atoms with van der Waals surface area (Å²) < 4.78 is 10.8. The second kappa shape index (κ2) is 8.67. The average Bonchev–Trinajstić information content (AvgIpc) is 3.17. The molecule has 0 unspecified atom stereocenters. The number of quaternary nitrogens is 1. The van der Waals surface area contributed by atoms with E-state index in [2.05, 4.69) is 24.3 Å². The Labute approximate surface area is 164 Å². The van der Waals surface area contributed by atoms with Gasteiger partial charge in [0.05, 0.1) is 31.9 Å². The third-order valence-corrected chi connectivity index (χ3v) is 6.04. The van der Waals surface area contributed by atoms with Crippen molar-refractivity contribution in [3.05, 3.63) is 59.7 Å². The molecule has 6 heteroatoms. The SMILES string of the molecule is O=C(CSCc1ccccc1)N1CC[NH+](Cc2ccc3c(c2)OCO3)CC1. The number of carbonyl (C=O) groups excluding carboxylic acids is 1. The minimum atomic E-state index is 0.262. The molecular formula is C21H25N2O3S+. The molecule has 0 bridgehead atoms. The van der Waals surface area contributed by atoms with Crippen molar-refractivity contribution in [1.29, 1.82) is 0 Å². The van der Waals surface area contributed by atoms with Crippen molar-refractivity contribution in [3.8, 4) is 11.5 Å². The maximum absolute atomic E-state index is 12.4. The highest BCUT2D eigenvalue weighted by molar-refractivity contribution is 7.99. The standard InChI is InChI=1S/C21H24N2O3S/c24-21(15-27-14-17-4-2-1-3-5-17)23-10-8-22(9-11-23)13-18-6-7-19-20(12-18)26-16-25-19/h1-7,12H,8-11,13-16H2/p+1. The van der Waals surface area contributed by atoms with E-state index in [-0.39, 0.29) is 5.91 Å². The van der Waals surface area contributed by atoms with E-state index in [4.69, 9.17) is 9.47 Å². The van der Waals surface area contributed by atoms with Crippen molar-refractivity contribution in [2.75, 3.05) is 38.7 Å². The molecule has 0 saturated carbocycles. The van der Waals surface area contributed by atoms with Crippen LogP contribution >= 0.6 is 11.8 Å². The van der Waals surface area contributed by atoms with Crippen molar-refractivity contribution in [2.45, 2.75) is 12.3 Å². The molecule has 1 N–H and O–H groups in total. The third kappa shape index (κ3) is 4.76. The van der Waals surface area contributed by atoms with Crippen LogP contribution in [0.15, 0.2) is 48.5 Å². The van der Waals surface area contributed by atoms with E-state index < -0.39 is 0 Å². The summed E-state index contributed by atoms with van der Waals surface area (Å²) in [5, 5.41) is 0. The second-order valence-corrected chi connectivity index (χ2v) is 7.96. The monoisotopic (exact) mass is 385 g/mol. The predicted octanol–water partition coefficient (Wildman–Crippen LogP) is 1.58. The second-order valence-electron chi connectivity index (χ2n) is 6.97. The highest BCUT2D eigenvalue weighted by Crippen LogP contribution is 2.32. The van der Waals surface area contributed by atoms with Gasteiger partial charge in [-0.25, -0.2) is 0 Å². The van der Waals surface area contributed by atoms with E-state index >= 15 is 0 Å². The fraction of sp³-hybridized carbons (Fsp3) is 0.381. The molecule has 1 amide bonds. The number of hydrogen-bond acceptors (Lipinski definition) is 4. The molecule has 0 radical (unpaired) electrons. The third-order valence-electron chi connectivity index (χ3n) is 5.05. The fourth-order valence-corrected chi connectivity index (χ4v) is 4.40. The first-order valence-electron chi connectivity index (χ1n) is 9.39. The minimum absolute atomic E-state index is 0.262. The number of benzene rings is 2. The van der Waals surface area contributed by atoms with Crippen molar-refractivity contribution < 1.29 is 19.2 Å². The lowest BCUT2D eigenvalue weighted by molar-refractivity contribution is -0.917. The van der Waals surface area contributed by atoms with Crippen LogP contribution in [0, 0.1) is 0 Å². The van der Waals surface area contributed by atoms with Crippen molar-refractivity contribution in [2.24, 2.45) is 0 Å². The van der Waals surface area contributed by atoms with Gasteiger partial charge >= 0.3 is 0 Å². The molecule has 4 rings (SSSR count). The van der Waals surface area contributed by atoms with Crippen LogP contribution in [-0.4, -0.2) is 49.5 Å². The van der Waals surface area contributed by atoms with Crippen LogP contribution in [0.5, 0.6) is 11.5 Å². The largest absolute Gasteiger partial charge is 0.454 e. The summed E-state index contributed by atoms with van der Waals surface area (Å²) in [6.07, 6.45) is 0. The Morgan fingerprint density at radius 2 is 1.78 bits per heavy atom. The zero-order chi connectivity index (χ0) is 18.5. The molecule has 0 aromatic heterocycles. The van der Waals surface area contributed by atoms with Gasteiger partial charge in [0.1, 0.15) is 6.54 Å². The Morgan fingerprint density at radius 3 is 2.59 bits per heavy atom. The molecule has 1 saturated heterocycles. The average molecular weight is 386 g/mol. The number of ether oxygens (including phenoxy) is 2. The van der Waals surface area contributed by atoms with Gasteiger partial charge in [-0.3, -0.25) is 4.79 Å². The lowest BCUT2D eigenvalue weighted by atomic mass is 10.1. The van der Waals surface area contributed by atoms with Crippen LogP contribution in [0.25, 0.3) is 0 Å². The van der Waals surface area contributed by atoms with Crippen LogP contribution in [0.2, 0.25) is 0 Å². The molecule has 0 aliphatic carbocycles. The highest BCUT2D eigenvalue weighted by Gasteiger charge is 2.24. The van der Waals surface area contributed by atoms with E-state index in [9.17, 15) is 4.79 Å². The number of carbonyl (C=O) groups is 1. The summed E-state index contributed by atoms with van der Waals surface area (Å²) in [7, 11) is 0. The molecule has 1 fully saturated rings. The molecule has 142 valence electrons. The van der Waals surface area contributed by atoms with E-state index in [1.165, 1.54) is 16.0 Å². The molecule has 2 heterocycles. The van der Waals surface area contributed by atoms with Crippen LogP contribution in [0.1, 0.15) is 11.1 Å². The molecule has 0 spiro atoms. The zero-order valence-electron chi connectivity index (χ0n) is 15.4. The van der Waals surface area contributed by atoms with Crippen LogP contribution < -0.4 is 14.4 Å². The number of amides is 1. The van der Waals surface area contributed by atoms with Crippen LogP contribution in [0.4, 0.5) is 0 Å². The minimum Gasteiger partial charge on any atom is -0.454 e. The molecule has 0 atom stereocenters. The van der Waals surface area contributed by atoms with Gasteiger partial charge < -0.3 is 19.3 Å². The number of nitrogens with one attached hydrogen (secondary N) is 1. The molecule has 27 heavy (non-hydrogen) atoms. The Bertz CT molecular complexity index is 776. The number of piperazine rings is 1. The van der Waals surface area contributed by atoms with Gasteiger partial charge in [0, 0.05) is 11.3 Å². The van der Waals surface area contributed by atoms with E-state index in [0.29, 0.717) is 12.5 Å². The maximum Gasteiger partial charge on any atom is 0.232 e. The van der Waals surface area contributed by atoms with Gasteiger partial charge in [-0.15, -0.1) is 11.8 Å². The van der Waals surface area contributed by atoms with Crippen molar-refractivity contribution in [1.82, 2.24) is 4.90 Å². The van der Waals surface area contributed by atoms with Gasteiger partial charge in [-0.1, -0.05) is 30.3 Å². The molecule has 2 aromatic carbocycles. The summed E-state index contributed by atoms with van der Waals surface area (Å²) in [4.78, 5) is 16.0. The molecule has 2 aromatic rings. The number of hydrogen-bond donors (Lipinski definition) is 1. The Kier molecular flexibility index (Phi) is 5.84. The fourth-order valence-electron chi connectivity index (χ4n) is 3.51. The normalized spacial score (nSPS) is 16.5. The Morgan fingerprint density at radius 1 is 1.00 bits per heavy atom. The van der Waals surface area contributed by atoms with Gasteiger partial charge in [0.25, 0.3) is 0 Å². The maximum atomic E-state index is 12.4. The Hall–Kier alpha value is -2.18.